The third kappa shape index (κ3) is 4.06. The van der Waals surface area contributed by atoms with Crippen LogP contribution < -0.4 is 10.6 Å². The molecule has 0 bridgehead atoms. The molecule has 2 aliphatic rings. The second-order valence-electron chi connectivity index (χ2n) is 7.36. The van der Waals surface area contributed by atoms with Crippen molar-refractivity contribution in [3.05, 3.63) is 16.1 Å². The highest BCUT2D eigenvalue weighted by molar-refractivity contribution is 7.09. The summed E-state index contributed by atoms with van der Waals surface area (Å²) in [5, 5.41) is 10.2. The van der Waals surface area contributed by atoms with Gasteiger partial charge in [0, 0.05) is 18.5 Å². The van der Waals surface area contributed by atoms with Gasteiger partial charge >= 0.3 is 0 Å². The van der Waals surface area contributed by atoms with Crippen molar-refractivity contribution >= 4 is 17.3 Å². The van der Waals surface area contributed by atoms with Gasteiger partial charge < -0.3 is 10.6 Å². The van der Waals surface area contributed by atoms with Gasteiger partial charge in [-0.25, -0.2) is 9.98 Å². The Morgan fingerprint density at radius 2 is 2.17 bits per heavy atom. The van der Waals surface area contributed by atoms with Gasteiger partial charge in [-0.1, -0.05) is 20.3 Å². The van der Waals surface area contributed by atoms with E-state index in [0.717, 1.165) is 30.0 Å². The molecule has 2 N–H and O–H groups in total. The minimum atomic E-state index is 0.493. The largest absolute Gasteiger partial charge is 0.357 e. The van der Waals surface area contributed by atoms with Crippen LogP contribution in [0.1, 0.15) is 69.5 Å². The van der Waals surface area contributed by atoms with Crippen LogP contribution in [0.2, 0.25) is 0 Å². The molecule has 0 spiro atoms. The van der Waals surface area contributed by atoms with E-state index < -0.39 is 0 Å². The molecule has 0 aliphatic heterocycles. The van der Waals surface area contributed by atoms with Gasteiger partial charge in [0.25, 0.3) is 0 Å². The number of hydrogen-bond donors (Lipinski definition) is 2. The van der Waals surface area contributed by atoms with E-state index in [1.807, 2.05) is 0 Å². The molecule has 0 amide bonds. The van der Waals surface area contributed by atoms with Gasteiger partial charge in [0.1, 0.15) is 5.01 Å². The highest BCUT2D eigenvalue weighted by Gasteiger charge is 2.48. The van der Waals surface area contributed by atoms with Crippen LogP contribution in [-0.2, 0) is 6.54 Å². The molecule has 4 nitrogen and oxygen atoms in total. The lowest BCUT2D eigenvalue weighted by Gasteiger charge is -2.43. The van der Waals surface area contributed by atoms with E-state index in [4.69, 9.17) is 4.99 Å². The zero-order chi connectivity index (χ0) is 16.3. The molecule has 5 heteroatoms. The van der Waals surface area contributed by atoms with Gasteiger partial charge in [-0.2, -0.15) is 0 Å². The van der Waals surface area contributed by atoms with E-state index >= 15 is 0 Å². The number of aromatic nitrogens is 1. The molecule has 2 aliphatic carbocycles. The fourth-order valence-corrected chi connectivity index (χ4v) is 4.35. The smallest absolute Gasteiger partial charge is 0.191 e. The lowest BCUT2D eigenvalue weighted by molar-refractivity contribution is 0.106. The number of hydrogen-bond acceptors (Lipinski definition) is 3. The second-order valence-corrected chi connectivity index (χ2v) is 8.30. The van der Waals surface area contributed by atoms with Crippen molar-refractivity contribution in [2.75, 3.05) is 13.1 Å². The van der Waals surface area contributed by atoms with Gasteiger partial charge in [0.05, 0.1) is 12.2 Å². The van der Waals surface area contributed by atoms with Crippen molar-refractivity contribution in [2.45, 2.75) is 65.3 Å². The molecular weight excluding hydrogens is 304 g/mol. The van der Waals surface area contributed by atoms with Crippen LogP contribution in [0.4, 0.5) is 0 Å². The zero-order valence-electron chi connectivity index (χ0n) is 14.7. The van der Waals surface area contributed by atoms with Crippen molar-refractivity contribution < 1.29 is 0 Å². The Kier molecular flexibility index (Phi) is 5.24. The fourth-order valence-electron chi connectivity index (χ4n) is 3.47. The summed E-state index contributed by atoms with van der Waals surface area (Å²) >= 11 is 1.72. The third-order valence-electron chi connectivity index (χ3n) is 5.28. The van der Waals surface area contributed by atoms with Crippen LogP contribution in [0.15, 0.2) is 10.4 Å². The van der Waals surface area contributed by atoms with E-state index in [2.05, 4.69) is 41.8 Å². The Bertz CT molecular complexity index is 541. The quantitative estimate of drug-likeness (QED) is 0.587. The number of aliphatic imine (C=N–C) groups is 1. The predicted molar refractivity (Wildman–Crippen MR) is 98.0 cm³/mol. The number of rotatable bonds is 7. The topological polar surface area (TPSA) is 49.3 Å². The maximum absolute atomic E-state index is 4.74. The Morgan fingerprint density at radius 3 is 2.70 bits per heavy atom. The van der Waals surface area contributed by atoms with E-state index in [1.54, 1.807) is 11.3 Å². The van der Waals surface area contributed by atoms with Crippen molar-refractivity contribution in [1.29, 1.82) is 0 Å². The summed E-state index contributed by atoms with van der Waals surface area (Å²) < 4.78 is 0. The molecule has 1 heterocycles. The zero-order valence-corrected chi connectivity index (χ0v) is 15.5. The predicted octanol–water partition coefficient (Wildman–Crippen LogP) is 3.90. The molecule has 128 valence electrons. The van der Waals surface area contributed by atoms with E-state index in [0.29, 0.717) is 17.9 Å². The maximum Gasteiger partial charge on any atom is 0.191 e. The average molecular weight is 335 g/mol. The first-order valence-corrected chi connectivity index (χ1v) is 9.97. The molecule has 1 aromatic rings. The number of thiazole rings is 1. The summed E-state index contributed by atoms with van der Waals surface area (Å²) in [6.45, 7) is 9.14. The van der Waals surface area contributed by atoms with Gasteiger partial charge in [-0.3, -0.25) is 0 Å². The van der Waals surface area contributed by atoms with E-state index in [9.17, 15) is 0 Å². The molecular formula is C18H30N4S. The molecule has 0 radical (unpaired) electrons. The summed E-state index contributed by atoms with van der Waals surface area (Å²) in [5.41, 5.74) is 1.75. The Hall–Kier alpha value is -1.10. The van der Waals surface area contributed by atoms with Crippen molar-refractivity contribution in [2.24, 2.45) is 16.3 Å². The number of nitrogens with zero attached hydrogens (tertiary/aromatic N) is 2. The summed E-state index contributed by atoms with van der Waals surface area (Å²) in [5.74, 6) is 2.41. The summed E-state index contributed by atoms with van der Waals surface area (Å²) in [4.78, 5) is 9.41. The Morgan fingerprint density at radius 1 is 1.39 bits per heavy atom. The number of nitrogens with one attached hydrogen (secondary N) is 2. The van der Waals surface area contributed by atoms with Crippen LogP contribution in [0, 0.1) is 11.3 Å². The molecule has 0 saturated heterocycles. The summed E-state index contributed by atoms with van der Waals surface area (Å²) in [7, 11) is 0. The first-order valence-electron chi connectivity index (χ1n) is 9.09. The maximum atomic E-state index is 4.74. The summed E-state index contributed by atoms with van der Waals surface area (Å²) in [6, 6.07) is 0. The molecule has 3 rings (SSSR count). The first-order chi connectivity index (χ1) is 11.1. The molecule has 1 aromatic heterocycles. The summed E-state index contributed by atoms with van der Waals surface area (Å²) in [6.07, 6.45) is 7.07. The van der Waals surface area contributed by atoms with Crippen LogP contribution >= 0.6 is 11.3 Å². The molecule has 2 saturated carbocycles. The lowest BCUT2D eigenvalue weighted by Crippen LogP contribution is -2.47. The van der Waals surface area contributed by atoms with Crippen molar-refractivity contribution in [1.82, 2.24) is 15.6 Å². The lowest BCUT2D eigenvalue weighted by atomic mass is 9.65. The average Bonchev–Trinajstić information content (AvgIpc) is 3.21. The Labute approximate surface area is 144 Å². The monoisotopic (exact) mass is 334 g/mol. The highest BCUT2D eigenvalue weighted by atomic mass is 32.1. The molecule has 2 fully saturated rings. The molecule has 0 aromatic carbocycles. The molecule has 0 atom stereocenters. The van der Waals surface area contributed by atoms with Crippen LogP contribution in [0.5, 0.6) is 0 Å². The van der Waals surface area contributed by atoms with Crippen molar-refractivity contribution in [3.63, 3.8) is 0 Å². The Balaban J connectivity index is 1.56. The van der Waals surface area contributed by atoms with Crippen LogP contribution in [0.3, 0.4) is 0 Å². The highest BCUT2D eigenvalue weighted by Crippen LogP contribution is 2.56. The van der Waals surface area contributed by atoms with Gasteiger partial charge in [-0.05, 0) is 49.9 Å². The van der Waals surface area contributed by atoms with Gasteiger partial charge in [-0.15, -0.1) is 11.3 Å². The van der Waals surface area contributed by atoms with Crippen molar-refractivity contribution in [3.8, 4) is 0 Å². The molecule has 0 unspecified atom stereocenters. The molecule has 23 heavy (non-hydrogen) atoms. The van der Waals surface area contributed by atoms with Gasteiger partial charge in [0.2, 0.25) is 0 Å². The minimum Gasteiger partial charge on any atom is -0.357 e. The fraction of sp³-hybridized carbons (Fsp3) is 0.778. The van der Waals surface area contributed by atoms with Gasteiger partial charge in [0.15, 0.2) is 5.96 Å². The van der Waals surface area contributed by atoms with Crippen LogP contribution in [-0.4, -0.2) is 24.0 Å². The standard InChI is InChI=1S/C18H30N4S/c1-4-19-17(20-10-16-22-15(11-23-16)13(2)3)21-12-18(8-5-9-18)14-6-7-14/h11,13-14H,4-10,12H2,1-3H3,(H2,19,20,21). The normalized spacial score (nSPS) is 20.4. The second kappa shape index (κ2) is 7.20. The third-order valence-corrected chi connectivity index (χ3v) is 6.13. The number of guanidine groups is 1. The first kappa shape index (κ1) is 16.7. The van der Waals surface area contributed by atoms with E-state index in [1.165, 1.54) is 37.8 Å². The van der Waals surface area contributed by atoms with E-state index in [-0.39, 0.29) is 0 Å². The van der Waals surface area contributed by atoms with Crippen LogP contribution in [0.25, 0.3) is 0 Å². The minimum absolute atomic E-state index is 0.493. The SMILES string of the molecule is CCNC(=NCc1nc(C(C)C)cs1)NCC1(C2CC2)CCC1.